The molecule has 0 aliphatic heterocycles. The van der Waals surface area contributed by atoms with Gasteiger partial charge in [0.05, 0.1) is 19.8 Å². The summed E-state index contributed by atoms with van der Waals surface area (Å²) in [7, 11) is -4.60. The number of carboxylic acids is 1. The number of carboxylic acid groups (broad SMARTS) is 1. The van der Waals surface area contributed by atoms with Gasteiger partial charge in [-0.05, 0) is 12.8 Å². The van der Waals surface area contributed by atoms with Crippen LogP contribution in [0, 0.1) is 0 Å². The van der Waals surface area contributed by atoms with E-state index in [9.17, 15) is 19.0 Å². The molecule has 10 nitrogen and oxygen atoms in total. The van der Waals surface area contributed by atoms with E-state index < -0.39 is 45.1 Å². The Balaban J connectivity index is 4.08. The highest BCUT2D eigenvalue weighted by molar-refractivity contribution is 7.47. The van der Waals surface area contributed by atoms with Crippen molar-refractivity contribution < 1.29 is 42.7 Å². The highest BCUT2D eigenvalue weighted by Gasteiger charge is 2.27. The quantitative estimate of drug-likeness (QED) is 0.0314. The second-order valence-electron chi connectivity index (χ2n) is 14.1. The molecule has 0 heterocycles. The maximum absolute atomic E-state index is 12.6. The second kappa shape index (κ2) is 36.3. The molecule has 0 aliphatic carbocycles. The fourth-order valence-corrected chi connectivity index (χ4v) is 6.68. The van der Waals surface area contributed by atoms with E-state index in [0.717, 1.165) is 38.5 Å². The van der Waals surface area contributed by atoms with Crippen LogP contribution >= 0.6 is 7.82 Å². The third-order valence-corrected chi connectivity index (χ3v) is 10.1. The van der Waals surface area contributed by atoms with Crippen LogP contribution in [-0.4, -0.2) is 60.5 Å². The van der Waals surface area contributed by atoms with E-state index in [4.69, 9.17) is 24.8 Å². The minimum absolute atomic E-state index is 0.0239. The lowest BCUT2D eigenvalue weighted by atomic mass is 10.0. The molecule has 0 spiro atoms. The van der Waals surface area contributed by atoms with Gasteiger partial charge in [-0.3, -0.25) is 18.6 Å². The van der Waals surface area contributed by atoms with Crippen molar-refractivity contribution in [3.63, 3.8) is 0 Å². The second-order valence-corrected chi connectivity index (χ2v) is 15.6. The predicted molar refractivity (Wildman–Crippen MR) is 203 cm³/mol. The van der Waals surface area contributed by atoms with Gasteiger partial charge in [0, 0.05) is 13.0 Å². The first-order valence-corrected chi connectivity index (χ1v) is 22.1. The lowest BCUT2D eigenvalue weighted by molar-refractivity contribution is -0.154. The van der Waals surface area contributed by atoms with E-state index in [1.165, 1.54) is 141 Å². The van der Waals surface area contributed by atoms with Crippen LogP contribution in [0.25, 0.3) is 0 Å². The van der Waals surface area contributed by atoms with Gasteiger partial charge in [-0.2, -0.15) is 0 Å². The molecule has 50 heavy (non-hydrogen) atoms. The van der Waals surface area contributed by atoms with Crippen molar-refractivity contribution >= 4 is 19.8 Å². The van der Waals surface area contributed by atoms with Gasteiger partial charge >= 0.3 is 19.8 Å². The number of aliphatic carboxylic acids is 1. The molecular weight excluding hydrogens is 657 g/mol. The summed E-state index contributed by atoms with van der Waals surface area (Å²) in [5.74, 6) is -1.77. The topological polar surface area (TPSA) is 155 Å². The SMILES string of the molecule is CCCCCCCCCCCCCCCCCCCCCCC(=O)OC(COCCCCCCCCCC)COP(=O)(O)OCC(N)C(=O)O. The average molecular weight is 736 g/mol. The summed E-state index contributed by atoms with van der Waals surface area (Å²) in [6.45, 7) is 3.88. The van der Waals surface area contributed by atoms with Crippen molar-refractivity contribution in [1.82, 2.24) is 0 Å². The molecule has 0 amide bonds. The Hall–Kier alpha value is -1.03. The number of hydrogen-bond donors (Lipinski definition) is 3. The Morgan fingerprint density at radius 1 is 0.560 bits per heavy atom. The molecule has 0 rings (SSSR count). The third-order valence-electron chi connectivity index (χ3n) is 9.14. The molecule has 0 bridgehead atoms. The van der Waals surface area contributed by atoms with E-state index in [2.05, 4.69) is 18.4 Å². The zero-order valence-electron chi connectivity index (χ0n) is 32.3. The molecule has 0 aromatic rings. The van der Waals surface area contributed by atoms with Gasteiger partial charge in [-0.25, -0.2) is 4.57 Å². The Bertz CT molecular complexity index is 816. The maximum atomic E-state index is 12.6. The highest BCUT2D eigenvalue weighted by Crippen LogP contribution is 2.43. The van der Waals surface area contributed by atoms with Crippen LogP contribution in [0.4, 0.5) is 0 Å². The maximum Gasteiger partial charge on any atom is 0.472 e. The van der Waals surface area contributed by atoms with Crippen LogP contribution in [0.1, 0.15) is 200 Å². The van der Waals surface area contributed by atoms with Crippen LogP contribution < -0.4 is 5.73 Å². The van der Waals surface area contributed by atoms with Crippen molar-refractivity contribution in [2.75, 3.05) is 26.4 Å². The average Bonchev–Trinajstić information content (AvgIpc) is 3.09. The van der Waals surface area contributed by atoms with Crippen molar-refractivity contribution in [3.8, 4) is 0 Å². The standard InChI is InChI=1S/C39H78NO9P/c1-3-5-7-9-11-13-14-15-16-17-18-19-20-21-22-23-24-25-27-29-31-38(41)49-36(33-46-32-30-28-26-12-10-8-6-4-2)34-47-50(44,45)48-35-37(40)39(42)43/h36-37H,3-35,40H2,1-2H3,(H,42,43)(H,44,45). The van der Waals surface area contributed by atoms with Crippen molar-refractivity contribution in [2.45, 2.75) is 212 Å². The molecule has 3 atom stereocenters. The molecule has 0 radical (unpaired) electrons. The number of carbonyl (C=O) groups excluding carboxylic acids is 1. The number of esters is 1. The molecule has 0 aliphatic rings. The van der Waals surface area contributed by atoms with E-state index in [1.807, 2.05) is 0 Å². The van der Waals surface area contributed by atoms with Crippen molar-refractivity contribution in [1.29, 1.82) is 0 Å². The summed E-state index contributed by atoms with van der Waals surface area (Å²) in [5.41, 5.74) is 5.33. The summed E-state index contributed by atoms with van der Waals surface area (Å²) in [4.78, 5) is 33.4. The Morgan fingerprint density at radius 3 is 1.32 bits per heavy atom. The molecule has 298 valence electrons. The van der Waals surface area contributed by atoms with E-state index in [1.54, 1.807) is 0 Å². The molecule has 0 aromatic heterocycles. The number of rotatable bonds is 40. The lowest BCUT2D eigenvalue weighted by Gasteiger charge is -2.20. The Kier molecular flexibility index (Phi) is 35.6. The molecule has 0 saturated carbocycles. The normalized spacial score (nSPS) is 14.0. The summed E-state index contributed by atoms with van der Waals surface area (Å²) >= 11 is 0. The van der Waals surface area contributed by atoms with Gasteiger partial charge in [0.25, 0.3) is 0 Å². The van der Waals surface area contributed by atoms with Crippen molar-refractivity contribution in [3.05, 3.63) is 0 Å². The molecule has 0 fully saturated rings. The van der Waals surface area contributed by atoms with Gasteiger partial charge in [0.15, 0.2) is 0 Å². The molecule has 3 unspecified atom stereocenters. The Morgan fingerprint density at radius 2 is 0.920 bits per heavy atom. The van der Waals surface area contributed by atoms with Gasteiger partial charge in [-0.1, -0.05) is 181 Å². The molecule has 0 saturated heterocycles. The Labute approximate surface area is 306 Å². The van der Waals surface area contributed by atoms with Gasteiger partial charge in [0.1, 0.15) is 12.1 Å². The number of nitrogens with two attached hydrogens (primary N) is 1. The van der Waals surface area contributed by atoms with Crippen LogP contribution in [0.5, 0.6) is 0 Å². The molecule has 4 N–H and O–H groups in total. The van der Waals surface area contributed by atoms with Gasteiger partial charge in [0.2, 0.25) is 0 Å². The first kappa shape index (κ1) is 49.0. The number of hydrogen-bond acceptors (Lipinski definition) is 8. The number of phosphoric ester groups is 1. The van der Waals surface area contributed by atoms with E-state index in [0.29, 0.717) is 6.61 Å². The summed E-state index contributed by atoms with van der Waals surface area (Å²) < 4.78 is 33.2. The van der Waals surface area contributed by atoms with Crippen LogP contribution in [0.3, 0.4) is 0 Å². The monoisotopic (exact) mass is 736 g/mol. The molecule has 11 heteroatoms. The third kappa shape index (κ3) is 35.4. The van der Waals surface area contributed by atoms with E-state index >= 15 is 0 Å². The van der Waals surface area contributed by atoms with Crippen LogP contribution in [-0.2, 0) is 32.7 Å². The lowest BCUT2D eigenvalue weighted by Crippen LogP contribution is -2.34. The number of unbranched alkanes of at least 4 members (excludes halogenated alkanes) is 26. The fourth-order valence-electron chi connectivity index (χ4n) is 5.90. The number of carbonyl (C=O) groups is 2. The number of ether oxygens (including phenoxy) is 2. The fraction of sp³-hybridized carbons (Fsp3) is 0.949. The van der Waals surface area contributed by atoms with Gasteiger partial charge < -0.3 is 25.2 Å². The number of phosphoric acid groups is 1. The zero-order chi connectivity index (χ0) is 37.0. The van der Waals surface area contributed by atoms with E-state index in [-0.39, 0.29) is 13.0 Å². The zero-order valence-corrected chi connectivity index (χ0v) is 33.2. The minimum atomic E-state index is -4.60. The smallest absolute Gasteiger partial charge is 0.472 e. The summed E-state index contributed by atoms with van der Waals surface area (Å²) in [6.07, 6.45) is 34.5. The largest absolute Gasteiger partial charge is 0.480 e. The summed E-state index contributed by atoms with van der Waals surface area (Å²) in [5, 5.41) is 8.86. The predicted octanol–water partition coefficient (Wildman–Crippen LogP) is 10.8. The molecule has 0 aromatic carbocycles. The highest BCUT2D eigenvalue weighted by atomic mass is 31.2. The van der Waals surface area contributed by atoms with Crippen LogP contribution in [0.15, 0.2) is 0 Å². The first-order chi connectivity index (χ1) is 24.2. The minimum Gasteiger partial charge on any atom is -0.480 e. The van der Waals surface area contributed by atoms with Crippen LogP contribution in [0.2, 0.25) is 0 Å². The summed E-state index contributed by atoms with van der Waals surface area (Å²) in [6, 6.07) is -1.47. The van der Waals surface area contributed by atoms with Crippen molar-refractivity contribution in [2.24, 2.45) is 5.73 Å². The first-order valence-electron chi connectivity index (χ1n) is 20.6. The van der Waals surface area contributed by atoms with Gasteiger partial charge in [-0.15, -0.1) is 0 Å². The molecular formula is C39H78NO9P.